The molecule has 27 heavy (non-hydrogen) atoms. The molecule has 0 fully saturated rings. The molecule has 0 saturated heterocycles. The molecular weight excluding hydrogens is 406 g/mol. The maximum atomic E-state index is 12.7. The molecule has 0 unspecified atom stereocenters. The van der Waals surface area contributed by atoms with Crippen molar-refractivity contribution < 1.29 is 9.53 Å². The molecule has 2 heterocycles. The molecule has 146 valence electrons. The summed E-state index contributed by atoms with van der Waals surface area (Å²) in [6.07, 6.45) is 3.49. The van der Waals surface area contributed by atoms with E-state index >= 15 is 0 Å². The number of fused-ring (bicyclic) bond motifs is 2. The van der Waals surface area contributed by atoms with E-state index in [0.29, 0.717) is 33.9 Å². The van der Waals surface area contributed by atoms with Crippen molar-refractivity contribution in [2.45, 2.75) is 18.7 Å². The number of esters is 1. The van der Waals surface area contributed by atoms with Crippen molar-refractivity contribution >= 4 is 57.3 Å². The minimum Gasteiger partial charge on any atom is -0.460 e. The Morgan fingerprint density at radius 2 is 2.07 bits per heavy atom. The van der Waals surface area contributed by atoms with Gasteiger partial charge in [0.2, 0.25) is 0 Å². The fourth-order valence-electron chi connectivity index (χ4n) is 2.69. The molecule has 6 nitrogen and oxygen atoms in total. The molecule has 0 N–H and O–H groups in total. The third-order valence-electron chi connectivity index (χ3n) is 4.26. The number of carbonyl (C=O) groups is 1. The second-order valence-electron chi connectivity index (χ2n) is 5.71. The molecule has 3 rings (SSSR count). The van der Waals surface area contributed by atoms with E-state index in [1.807, 2.05) is 24.5 Å². The topological polar surface area (TPSA) is 63.9 Å². The van der Waals surface area contributed by atoms with Gasteiger partial charge in [-0.2, -0.15) is 0 Å². The number of ether oxygens (including phenoxy) is 1. The molecule has 1 aromatic carbocycles. The van der Waals surface area contributed by atoms with Crippen LogP contribution in [0.4, 0.5) is 0 Å². The predicted molar refractivity (Wildman–Crippen MR) is 114 cm³/mol. The summed E-state index contributed by atoms with van der Waals surface area (Å²) in [5, 5.41) is 0.550. The Hall–Kier alpha value is -1.61. The number of benzene rings is 1. The summed E-state index contributed by atoms with van der Waals surface area (Å²) in [7, 11) is 0. The Bertz CT molecular complexity index is 999. The second kappa shape index (κ2) is 9.54. The van der Waals surface area contributed by atoms with Gasteiger partial charge >= 0.3 is 5.97 Å². The number of aromatic nitrogens is 2. The fraction of sp³-hybridized carbons (Fsp3) is 0.389. The quantitative estimate of drug-likeness (QED) is 0.424. The van der Waals surface area contributed by atoms with Gasteiger partial charge in [0, 0.05) is 17.6 Å². The lowest BCUT2D eigenvalue weighted by atomic mass is 10.2. The highest BCUT2D eigenvalue weighted by Gasteiger charge is 2.16. The lowest BCUT2D eigenvalue weighted by Gasteiger charge is -2.17. The van der Waals surface area contributed by atoms with Gasteiger partial charge in [-0.3, -0.25) is 9.20 Å². The summed E-state index contributed by atoms with van der Waals surface area (Å²) in [5.74, 6) is -0.416. The number of hydrogen-bond acceptors (Lipinski definition) is 7. The highest BCUT2D eigenvalue weighted by Crippen LogP contribution is 2.22. The standard InChI is InChI=1S/C18H21N3O3S2.ClH/c1-4-20(5-2)8-9-24-17(23)15-11-21-16(22)13-10-12(25-3)6-7-14(13)19-18(21)26-15;/h6-7,10-11H,4-5,8-9H2,1-3H3;1H. The van der Waals surface area contributed by atoms with E-state index < -0.39 is 5.97 Å². The summed E-state index contributed by atoms with van der Waals surface area (Å²) in [6.45, 7) is 7.01. The first kappa shape index (κ1) is 21.7. The Morgan fingerprint density at radius 1 is 1.33 bits per heavy atom. The van der Waals surface area contributed by atoms with Gasteiger partial charge < -0.3 is 9.64 Å². The maximum absolute atomic E-state index is 12.7. The van der Waals surface area contributed by atoms with Gasteiger partial charge in [-0.05, 0) is 37.5 Å². The molecule has 2 aromatic heterocycles. The molecule has 0 saturated carbocycles. The maximum Gasteiger partial charge on any atom is 0.350 e. The summed E-state index contributed by atoms with van der Waals surface area (Å²) in [5.41, 5.74) is 0.468. The summed E-state index contributed by atoms with van der Waals surface area (Å²) >= 11 is 2.74. The van der Waals surface area contributed by atoms with Gasteiger partial charge in [0.1, 0.15) is 11.5 Å². The van der Waals surface area contributed by atoms with Crippen molar-refractivity contribution in [1.29, 1.82) is 0 Å². The SMILES string of the molecule is CCN(CC)CCOC(=O)c1cn2c(=O)c3cc(SC)ccc3nc2s1.Cl. The number of halogens is 1. The second-order valence-corrected chi connectivity index (χ2v) is 7.60. The van der Waals surface area contributed by atoms with Crippen molar-refractivity contribution in [3.05, 3.63) is 39.6 Å². The molecule has 0 atom stereocenters. The van der Waals surface area contributed by atoms with E-state index in [0.717, 1.165) is 18.0 Å². The van der Waals surface area contributed by atoms with Crippen molar-refractivity contribution in [3.8, 4) is 0 Å². The number of thioether (sulfide) groups is 1. The van der Waals surface area contributed by atoms with Crippen LogP contribution in [-0.2, 0) is 4.74 Å². The van der Waals surface area contributed by atoms with Crippen LogP contribution in [0.1, 0.15) is 23.5 Å². The van der Waals surface area contributed by atoms with E-state index in [1.54, 1.807) is 11.8 Å². The Kier molecular flexibility index (Phi) is 7.67. The highest BCUT2D eigenvalue weighted by molar-refractivity contribution is 7.98. The lowest BCUT2D eigenvalue weighted by Crippen LogP contribution is -2.27. The minimum absolute atomic E-state index is 0. The first-order chi connectivity index (χ1) is 12.6. The van der Waals surface area contributed by atoms with Crippen LogP contribution in [0.5, 0.6) is 0 Å². The largest absolute Gasteiger partial charge is 0.460 e. The van der Waals surface area contributed by atoms with Gasteiger partial charge in [-0.25, -0.2) is 9.78 Å². The summed E-state index contributed by atoms with van der Waals surface area (Å²) < 4.78 is 6.78. The van der Waals surface area contributed by atoms with Crippen LogP contribution in [0.15, 0.2) is 34.1 Å². The minimum atomic E-state index is -0.416. The van der Waals surface area contributed by atoms with Crippen LogP contribution in [0.25, 0.3) is 15.9 Å². The summed E-state index contributed by atoms with van der Waals surface area (Å²) in [6, 6.07) is 5.61. The molecular formula is C18H22ClN3O3S2. The number of carbonyl (C=O) groups excluding carboxylic acids is 1. The lowest BCUT2D eigenvalue weighted by molar-refractivity contribution is 0.0471. The molecule has 9 heteroatoms. The van der Waals surface area contributed by atoms with Gasteiger partial charge in [-0.15, -0.1) is 24.2 Å². The predicted octanol–water partition coefficient (Wildman–Crippen LogP) is 3.55. The molecule has 0 amide bonds. The molecule has 0 aliphatic heterocycles. The van der Waals surface area contributed by atoms with Gasteiger partial charge in [0.25, 0.3) is 5.56 Å². The molecule has 0 aliphatic rings. The van der Waals surface area contributed by atoms with Crippen LogP contribution in [0, 0.1) is 0 Å². The van der Waals surface area contributed by atoms with E-state index in [1.165, 1.54) is 21.9 Å². The van der Waals surface area contributed by atoms with Gasteiger partial charge in [0.05, 0.1) is 10.9 Å². The first-order valence-electron chi connectivity index (χ1n) is 8.46. The molecule has 0 aliphatic carbocycles. The zero-order valence-corrected chi connectivity index (χ0v) is 17.9. The molecule has 3 aromatic rings. The third-order valence-corrected chi connectivity index (χ3v) is 5.95. The third kappa shape index (κ3) is 4.63. The van der Waals surface area contributed by atoms with Gasteiger partial charge in [-0.1, -0.05) is 25.2 Å². The fourth-order valence-corrected chi connectivity index (χ4v) is 4.00. The van der Waals surface area contributed by atoms with Crippen LogP contribution < -0.4 is 5.56 Å². The molecule has 0 bridgehead atoms. The smallest absolute Gasteiger partial charge is 0.350 e. The number of thiazole rings is 1. The van der Waals surface area contributed by atoms with Gasteiger partial charge in [0.15, 0.2) is 4.96 Å². The van der Waals surface area contributed by atoms with Crippen LogP contribution in [0.3, 0.4) is 0 Å². The van der Waals surface area contributed by atoms with Crippen molar-refractivity contribution in [2.24, 2.45) is 0 Å². The Labute approximate surface area is 171 Å². The van der Waals surface area contributed by atoms with Crippen molar-refractivity contribution in [1.82, 2.24) is 14.3 Å². The normalized spacial score (nSPS) is 11.1. The van der Waals surface area contributed by atoms with Crippen LogP contribution >= 0.6 is 35.5 Å². The van der Waals surface area contributed by atoms with E-state index in [9.17, 15) is 9.59 Å². The van der Waals surface area contributed by atoms with Crippen molar-refractivity contribution in [3.63, 3.8) is 0 Å². The molecule has 0 radical (unpaired) electrons. The average molecular weight is 428 g/mol. The Morgan fingerprint density at radius 3 is 2.74 bits per heavy atom. The number of nitrogens with zero attached hydrogens (tertiary/aromatic N) is 3. The van der Waals surface area contributed by atoms with Crippen molar-refractivity contribution in [2.75, 3.05) is 32.5 Å². The van der Waals surface area contributed by atoms with E-state index in [4.69, 9.17) is 4.74 Å². The number of rotatable bonds is 7. The number of hydrogen-bond donors (Lipinski definition) is 0. The van der Waals surface area contributed by atoms with E-state index in [-0.39, 0.29) is 18.0 Å². The zero-order valence-electron chi connectivity index (χ0n) is 15.4. The van der Waals surface area contributed by atoms with Crippen LogP contribution in [-0.4, -0.2) is 52.8 Å². The number of likely N-dealkylation sites (N-methyl/N-ethyl adjacent to an activating group) is 1. The highest BCUT2D eigenvalue weighted by atomic mass is 35.5. The Balaban J connectivity index is 0.00000261. The first-order valence-corrected chi connectivity index (χ1v) is 10.5. The summed E-state index contributed by atoms with van der Waals surface area (Å²) in [4.78, 5) is 33.6. The molecule has 0 spiro atoms. The monoisotopic (exact) mass is 427 g/mol. The zero-order chi connectivity index (χ0) is 18.7. The van der Waals surface area contributed by atoms with E-state index in [2.05, 4.69) is 23.7 Å². The van der Waals surface area contributed by atoms with Crippen LogP contribution in [0.2, 0.25) is 0 Å². The average Bonchev–Trinajstić information content (AvgIpc) is 3.09.